The summed E-state index contributed by atoms with van der Waals surface area (Å²) >= 11 is 0. The van der Waals surface area contributed by atoms with Crippen LogP contribution in [0.3, 0.4) is 0 Å². The zero-order valence-electron chi connectivity index (χ0n) is 19.4. The smallest absolute Gasteiger partial charge is 0.256 e. The number of benzene rings is 1. The van der Waals surface area contributed by atoms with Crippen LogP contribution in [0.15, 0.2) is 67.8 Å². The van der Waals surface area contributed by atoms with Crippen molar-refractivity contribution in [3.63, 3.8) is 0 Å². The number of allylic oxidation sites excluding steroid dienone is 1. The molecule has 0 radical (unpaired) electrons. The Labute approximate surface area is 193 Å². The zero-order chi connectivity index (χ0) is 24.0. The standard InChI is InChI=1S/C24H29N7O2/c1-7-17(2)26-20-10-8-9-19(11-20)13-31(16-32)15-21(23-25-12-18(3)30(23)5)27-22-14-29(4)28-24(22)33-6/h7-12,14-16,26-27H,1-2,13H2,3-6H3/b21-15+. The van der Waals surface area contributed by atoms with Crippen LogP contribution in [0.1, 0.15) is 17.1 Å². The number of nitrogens with one attached hydrogen (secondary N) is 2. The molecule has 1 amide bonds. The van der Waals surface area contributed by atoms with Crippen molar-refractivity contribution in [1.82, 2.24) is 24.2 Å². The van der Waals surface area contributed by atoms with Crippen molar-refractivity contribution in [3.8, 4) is 5.88 Å². The van der Waals surface area contributed by atoms with Crippen LogP contribution in [0.5, 0.6) is 5.88 Å². The van der Waals surface area contributed by atoms with E-state index < -0.39 is 0 Å². The predicted molar refractivity (Wildman–Crippen MR) is 130 cm³/mol. The largest absolute Gasteiger partial charge is 0.478 e. The number of hydrogen-bond acceptors (Lipinski definition) is 6. The van der Waals surface area contributed by atoms with Gasteiger partial charge in [0.25, 0.3) is 5.88 Å². The van der Waals surface area contributed by atoms with Crippen molar-refractivity contribution in [2.75, 3.05) is 17.7 Å². The summed E-state index contributed by atoms with van der Waals surface area (Å²) < 4.78 is 8.96. The number of ether oxygens (including phenoxy) is 1. The van der Waals surface area contributed by atoms with Gasteiger partial charge in [-0.1, -0.05) is 25.3 Å². The number of methoxy groups -OCH3 is 1. The molecule has 0 aliphatic rings. The van der Waals surface area contributed by atoms with E-state index in [0.717, 1.165) is 23.4 Å². The van der Waals surface area contributed by atoms with Gasteiger partial charge in [-0.3, -0.25) is 9.48 Å². The van der Waals surface area contributed by atoms with Gasteiger partial charge >= 0.3 is 0 Å². The highest BCUT2D eigenvalue weighted by Gasteiger charge is 2.16. The van der Waals surface area contributed by atoms with E-state index in [9.17, 15) is 4.79 Å². The third kappa shape index (κ3) is 5.70. The van der Waals surface area contributed by atoms with Gasteiger partial charge in [0.15, 0.2) is 5.82 Å². The van der Waals surface area contributed by atoms with E-state index in [1.54, 1.807) is 41.4 Å². The number of carbonyl (C=O) groups excluding carboxylic acids is 1. The van der Waals surface area contributed by atoms with Gasteiger partial charge < -0.3 is 24.8 Å². The van der Waals surface area contributed by atoms with Crippen LogP contribution in [0.2, 0.25) is 0 Å². The van der Waals surface area contributed by atoms with Gasteiger partial charge in [0, 0.05) is 43.6 Å². The van der Waals surface area contributed by atoms with Gasteiger partial charge in [-0.05, 0) is 30.7 Å². The summed E-state index contributed by atoms with van der Waals surface area (Å²) in [4.78, 5) is 18.1. The highest BCUT2D eigenvalue weighted by Crippen LogP contribution is 2.26. The minimum Gasteiger partial charge on any atom is -0.478 e. The number of nitrogens with zero attached hydrogens (tertiary/aromatic N) is 5. The SMILES string of the molecule is C=CC(=C)Nc1cccc(CN(C=O)/C=C(/Nc2cn(C)nc2OC)c2ncc(C)n2C)c1. The van der Waals surface area contributed by atoms with E-state index in [1.807, 2.05) is 49.9 Å². The summed E-state index contributed by atoms with van der Waals surface area (Å²) in [5.74, 6) is 1.11. The van der Waals surface area contributed by atoms with Crippen LogP contribution in [0.25, 0.3) is 5.70 Å². The molecule has 0 bridgehead atoms. The van der Waals surface area contributed by atoms with E-state index in [2.05, 4.69) is 33.9 Å². The summed E-state index contributed by atoms with van der Waals surface area (Å²) in [6, 6.07) is 7.76. The van der Waals surface area contributed by atoms with Crippen LogP contribution in [0, 0.1) is 6.92 Å². The lowest BCUT2D eigenvalue weighted by molar-refractivity contribution is -0.116. The maximum absolute atomic E-state index is 12.0. The van der Waals surface area contributed by atoms with Gasteiger partial charge in [-0.25, -0.2) is 4.98 Å². The van der Waals surface area contributed by atoms with Crippen molar-refractivity contribution >= 4 is 23.5 Å². The van der Waals surface area contributed by atoms with Crippen LogP contribution in [-0.2, 0) is 25.4 Å². The molecule has 2 N–H and O–H groups in total. The minimum absolute atomic E-state index is 0.359. The first-order valence-corrected chi connectivity index (χ1v) is 10.3. The van der Waals surface area contributed by atoms with Crippen molar-refractivity contribution in [3.05, 3.63) is 84.9 Å². The Morgan fingerprint density at radius 3 is 2.73 bits per heavy atom. The number of hydrogen-bond donors (Lipinski definition) is 2. The lowest BCUT2D eigenvalue weighted by Crippen LogP contribution is -2.18. The molecular formula is C24H29N7O2. The second-order valence-corrected chi connectivity index (χ2v) is 7.51. The molecule has 3 rings (SSSR count). The monoisotopic (exact) mass is 447 g/mol. The average Bonchev–Trinajstić information content (AvgIpc) is 3.33. The van der Waals surface area contributed by atoms with Crippen molar-refractivity contribution in [1.29, 1.82) is 0 Å². The second kappa shape index (κ2) is 10.4. The Hall–Kier alpha value is -4.27. The zero-order valence-corrected chi connectivity index (χ0v) is 19.4. The van der Waals surface area contributed by atoms with Gasteiger partial charge in [0.2, 0.25) is 6.41 Å². The van der Waals surface area contributed by atoms with Gasteiger partial charge in [-0.2, -0.15) is 0 Å². The Morgan fingerprint density at radius 2 is 2.09 bits per heavy atom. The Bertz CT molecular complexity index is 1190. The van der Waals surface area contributed by atoms with E-state index >= 15 is 0 Å². The lowest BCUT2D eigenvalue weighted by atomic mass is 10.2. The summed E-state index contributed by atoms with van der Waals surface area (Å²) in [6.07, 6.45) is 7.73. The number of amides is 1. The minimum atomic E-state index is 0.359. The molecule has 0 aliphatic heterocycles. The predicted octanol–water partition coefficient (Wildman–Crippen LogP) is 3.65. The number of rotatable bonds is 11. The third-order valence-corrected chi connectivity index (χ3v) is 4.99. The highest BCUT2D eigenvalue weighted by atomic mass is 16.5. The molecule has 0 aliphatic carbocycles. The van der Waals surface area contributed by atoms with Gasteiger partial charge in [-0.15, -0.1) is 5.10 Å². The molecule has 2 aromatic heterocycles. The van der Waals surface area contributed by atoms with Crippen molar-refractivity contribution in [2.24, 2.45) is 14.1 Å². The number of aromatic nitrogens is 4. The molecule has 2 heterocycles. The molecule has 3 aromatic rings. The molecule has 0 saturated heterocycles. The van der Waals surface area contributed by atoms with Crippen molar-refractivity contribution < 1.29 is 9.53 Å². The quantitative estimate of drug-likeness (QED) is 0.345. The first-order valence-electron chi connectivity index (χ1n) is 10.3. The first-order chi connectivity index (χ1) is 15.8. The molecule has 33 heavy (non-hydrogen) atoms. The number of carbonyl (C=O) groups is 1. The third-order valence-electron chi connectivity index (χ3n) is 4.99. The molecule has 9 nitrogen and oxygen atoms in total. The van der Waals surface area contributed by atoms with Crippen LogP contribution in [-0.4, -0.2) is 37.8 Å². The summed E-state index contributed by atoms with van der Waals surface area (Å²) in [6.45, 7) is 9.90. The van der Waals surface area contributed by atoms with Crippen LogP contribution >= 0.6 is 0 Å². The maximum Gasteiger partial charge on any atom is 0.256 e. The molecule has 0 fully saturated rings. The Balaban J connectivity index is 1.93. The molecule has 0 atom stereocenters. The fraction of sp³-hybridized carbons (Fsp3) is 0.208. The van der Waals surface area contributed by atoms with Crippen molar-refractivity contribution in [2.45, 2.75) is 13.5 Å². The maximum atomic E-state index is 12.0. The van der Waals surface area contributed by atoms with Gasteiger partial charge in [0.1, 0.15) is 5.69 Å². The molecule has 0 spiro atoms. The van der Waals surface area contributed by atoms with E-state index in [4.69, 9.17) is 4.74 Å². The van der Waals surface area contributed by atoms with Crippen LogP contribution in [0.4, 0.5) is 11.4 Å². The molecule has 0 unspecified atom stereocenters. The Morgan fingerprint density at radius 1 is 1.30 bits per heavy atom. The number of imidazole rings is 1. The summed E-state index contributed by atoms with van der Waals surface area (Å²) in [5.41, 5.74) is 4.77. The Kier molecular flexibility index (Phi) is 7.34. The second-order valence-electron chi connectivity index (χ2n) is 7.51. The van der Waals surface area contributed by atoms with Crippen LogP contribution < -0.4 is 15.4 Å². The van der Waals surface area contributed by atoms with E-state index in [0.29, 0.717) is 35.3 Å². The topological polar surface area (TPSA) is 89.2 Å². The average molecular weight is 448 g/mol. The normalized spacial score (nSPS) is 11.1. The molecule has 172 valence electrons. The fourth-order valence-electron chi connectivity index (χ4n) is 3.21. The molecule has 1 aromatic carbocycles. The summed E-state index contributed by atoms with van der Waals surface area (Å²) in [7, 11) is 5.28. The number of anilines is 2. The number of aryl methyl sites for hydroxylation is 2. The van der Waals surface area contributed by atoms with E-state index in [1.165, 1.54) is 0 Å². The molecule has 9 heteroatoms. The molecular weight excluding hydrogens is 418 g/mol. The first kappa shape index (κ1) is 23.4. The van der Waals surface area contributed by atoms with E-state index in [-0.39, 0.29) is 0 Å². The van der Waals surface area contributed by atoms with Gasteiger partial charge in [0.05, 0.1) is 25.5 Å². The highest BCUT2D eigenvalue weighted by molar-refractivity contribution is 5.76. The lowest BCUT2D eigenvalue weighted by Gasteiger charge is -2.18. The summed E-state index contributed by atoms with van der Waals surface area (Å²) in [5, 5.41) is 10.8. The fourth-order valence-corrected chi connectivity index (χ4v) is 3.21. The molecule has 0 saturated carbocycles.